The monoisotopic (exact) mass is 512 g/mol. The van der Waals surface area contributed by atoms with Gasteiger partial charge in [0.05, 0.1) is 12.8 Å². The van der Waals surface area contributed by atoms with Crippen LogP contribution in [0.3, 0.4) is 0 Å². The third-order valence-electron chi connectivity index (χ3n) is 6.02. The molecule has 0 amide bonds. The maximum Gasteiger partial charge on any atom is 0.452 e. The fourth-order valence-electron chi connectivity index (χ4n) is 4.75. The van der Waals surface area contributed by atoms with E-state index in [1.54, 1.807) is 24.3 Å². The van der Waals surface area contributed by atoms with Crippen LogP contribution < -0.4 is 10.5 Å². The average molecular weight is 513 g/mol. The summed E-state index contributed by atoms with van der Waals surface area (Å²) in [5, 5.41) is 7.65. The number of allylic oxidation sites excluding steroid dienone is 1. The van der Waals surface area contributed by atoms with Gasteiger partial charge < -0.3 is 10.5 Å². The highest BCUT2D eigenvalue weighted by Crippen LogP contribution is 2.48. The van der Waals surface area contributed by atoms with E-state index in [2.05, 4.69) is 16.8 Å². The zero-order valence-electron chi connectivity index (χ0n) is 18.6. The van der Waals surface area contributed by atoms with Crippen molar-refractivity contribution in [2.75, 3.05) is 7.11 Å². The van der Waals surface area contributed by atoms with Crippen LogP contribution in [0.1, 0.15) is 53.0 Å². The molecule has 0 fully saturated rings. The molecular formula is C24H22ClF5N4O. The van der Waals surface area contributed by atoms with Crippen molar-refractivity contribution < 1.29 is 26.7 Å². The van der Waals surface area contributed by atoms with Gasteiger partial charge in [0.15, 0.2) is 0 Å². The standard InChI is InChI=1S/C24H22ClF5N4O/c1-12(31)8-14-9-17(16-5-3-4-13(10-20(26)27)21(16)35-2)18-11-15(25)6-7-19(18)34-22(14)32-33-23(34)24(28,29)30/h3-7,11,14,17,20H,1,8-10,31H2,2H3/t14-,17?/m0/s1. The number of ether oxygens (including phenoxy) is 1. The fraction of sp³-hybridized carbons (Fsp3) is 0.333. The summed E-state index contributed by atoms with van der Waals surface area (Å²) in [5.41, 5.74) is 7.63. The largest absolute Gasteiger partial charge is 0.496 e. The number of benzene rings is 2. The summed E-state index contributed by atoms with van der Waals surface area (Å²) < 4.78 is 74.8. The third kappa shape index (κ3) is 4.84. The van der Waals surface area contributed by atoms with Crippen LogP contribution in [-0.2, 0) is 12.6 Å². The normalized spacial score (nSPS) is 17.6. The van der Waals surface area contributed by atoms with Gasteiger partial charge in [0.2, 0.25) is 12.2 Å². The predicted octanol–water partition coefficient (Wildman–Crippen LogP) is 6.24. The average Bonchev–Trinajstić information content (AvgIpc) is 3.17. The smallest absolute Gasteiger partial charge is 0.452 e. The summed E-state index contributed by atoms with van der Waals surface area (Å²) >= 11 is 6.28. The fourth-order valence-corrected chi connectivity index (χ4v) is 4.93. The summed E-state index contributed by atoms with van der Waals surface area (Å²) in [5.74, 6) is -2.01. The molecule has 1 unspecified atom stereocenters. The van der Waals surface area contributed by atoms with Crippen molar-refractivity contribution in [3.05, 3.63) is 82.0 Å². The lowest BCUT2D eigenvalue weighted by molar-refractivity contribution is -0.146. The van der Waals surface area contributed by atoms with E-state index >= 15 is 0 Å². The molecule has 1 aromatic heterocycles. The van der Waals surface area contributed by atoms with Crippen molar-refractivity contribution >= 4 is 11.6 Å². The Morgan fingerprint density at radius 3 is 2.60 bits per heavy atom. The summed E-state index contributed by atoms with van der Waals surface area (Å²) in [4.78, 5) is 0. The highest BCUT2D eigenvalue weighted by molar-refractivity contribution is 6.30. The molecule has 1 aliphatic rings. The lowest BCUT2D eigenvalue weighted by Gasteiger charge is -2.24. The summed E-state index contributed by atoms with van der Waals surface area (Å²) in [6.45, 7) is 3.72. The molecule has 2 heterocycles. The maximum absolute atomic E-state index is 13.9. The number of nitrogens with two attached hydrogens (primary N) is 1. The second-order valence-corrected chi connectivity index (χ2v) is 8.84. The molecule has 0 saturated carbocycles. The van der Waals surface area contributed by atoms with Gasteiger partial charge in [0.25, 0.3) is 0 Å². The van der Waals surface area contributed by atoms with Crippen molar-refractivity contribution in [1.29, 1.82) is 0 Å². The van der Waals surface area contributed by atoms with Crippen LogP contribution in [0.25, 0.3) is 5.69 Å². The van der Waals surface area contributed by atoms with Crippen molar-refractivity contribution in [1.82, 2.24) is 14.8 Å². The Morgan fingerprint density at radius 1 is 1.23 bits per heavy atom. The molecule has 2 atom stereocenters. The molecule has 2 aromatic carbocycles. The molecule has 0 bridgehead atoms. The van der Waals surface area contributed by atoms with Crippen LogP contribution >= 0.6 is 11.6 Å². The van der Waals surface area contributed by atoms with Gasteiger partial charge in [0, 0.05) is 40.1 Å². The van der Waals surface area contributed by atoms with Gasteiger partial charge in [-0.05, 0) is 36.6 Å². The number of aromatic nitrogens is 3. The quantitative estimate of drug-likeness (QED) is 0.397. The van der Waals surface area contributed by atoms with Gasteiger partial charge in [-0.15, -0.1) is 10.2 Å². The molecule has 186 valence electrons. The van der Waals surface area contributed by atoms with Gasteiger partial charge in [-0.1, -0.05) is 36.4 Å². The second kappa shape index (κ2) is 9.49. The molecule has 0 saturated heterocycles. The molecule has 2 N–H and O–H groups in total. The lowest BCUT2D eigenvalue weighted by atomic mass is 9.81. The van der Waals surface area contributed by atoms with E-state index < -0.39 is 36.7 Å². The number of hydrogen-bond donors (Lipinski definition) is 1. The number of hydrogen-bond acceptors (Lipinski definition) is 4. The SMILES string of the molecule is C=C(N)C[C@H]1CC(c2cccc(CC(F)F)c2OC)c2cc(Cl)ccc2-n2c1nnc2C(F)(F)F. The van der Waals surface area contributed by atoms with E-state index in [0.717, 1.165) is 4.57 Å². The van der Waals surface area contributed by atoms with Crippen molar-refractivity contribution in [3.63, 3.8) is 0 Å². The first-order valence-corrected chi connectivity index (χ1v) is 11.1. The second-order valence-electron chi connectivity index (χ2n) is 8.40. The Hall–Kier alpha value is -3.14. The molecule has 35 heavy (non-hydrogen) atoms. The van der Waals surface area contributed by atoms with E-state index in [0.29, 0.717) is 21.7 Å². The Balaban J connectivity index is 2.01. The molecule has 4 rings (SSSR count). The molecule has 11 heteroatoms. The Bertz CT molecular complexity index is 1260. The van der Waals surface area contributed by atoms with Crippen LogP contribution in [0.2, 0.25) is 5.02 Å². The molecule has 0 radical (unpaired) electrons. The van der Waals surface area contributed by atoms with E-state index in [9.17, 15) is 22.0 Å². The summed E-state index contributed by atoms with van der Waals surface area (Å²) in [6, 6.07) is 9.41. The Kier molecular flexibility index (Phi) is 6.77. The van der Waals surface area contributed by atoms with E-state index in [-0.39, 0.29) is 35.8 Å². The molecule has 1 aliphatic heterocycles. The number of methoxy groups -OCH3 is 1. The zero-order valence-corrected chi connectivity index (χ0v) is 19.4. The zero-order chi connectivity index (χ0) is 25.5. The molecule has 5 nitrogen and oxygen atoms in total. The van der Waals surface area contributed by atoms with Crippen LogP contribution in [-0.4, -0.2) is 28.3 Å². The first-order chi connectivity index (χ1) is 16.5. The van der Waals surface area contributed by atoms with Crippen molar-refractivity contribution in [2.45, 2.75) is 43.7 Å². The molecule has 0 aliphatic carbocycles. The minimum atomic E-state index is -4.78. The first-order valence-electron chi connectivity index (χ1n) is 10.7. The maximum atomic E-state index is 13.9. The summed E-state index contributed by atoms with van der Waals surface area (Å²) in [6.07, 6.45) is -7.52. The van der Waals surface area contributed by atoms with Crippen LogP contribution in [0, 0.1) is 0 Å². The number of rotatable bonds is 6. The van der Waals surface area contributed by atoms with Crippen LogP contribution in [0.15, 0.2) is 48.7 Å². The summed E-state index contributed by atoms with van der Waals surface area (Å²) in [7, 11) is 1.37. The topological polar surface area (TPSA) is 66.0 Å². The minimum absolute atomic E-state index is 0.0812. The van der Waals surface area contributed by atoms with Crippen molar-refractivity contribution in [2.24, 2.45) is 5.73 Å². The van der Waals surface area contributed by atoms with Gasteiger partial charge in [-0.25, -0.2) is 8.78 Å². The molecule has 0 spiro atoms. The first kappa shape index (κ1) is 25.0. The van der Waals surface area contributed by atoms with Gasteiger partial charge in [0.1, 0.15) is 11.6 Å². The molecular weight excluding hydrogens is 491 g/mol. The number of halogens is 6. The highest BCUT2D eigenvalue weighted by Gasteiger charge is 2.43. The van der Waals surface area contributed by atoms with Crippen LogP contribution in [0.4, 0.5) is 22.0 Å². The number of para-hydroxylation sites is 1. The minimum Gasteiger partial charge on any atom is -0.496 e. The Labute approximate surface area is 203 Å². The highest BCUT2D eigenvalue weighted by atomic mass is 35.5. The predicted molar refractivity (Wildman–Crippen MR) is 121 cm³/mol. The van der Waals surface area contributed by atoms with E-state index in [1.165, 1.54) is 19.2 Å². The van der Waals surface area contributed by atoms with Crippen LogP contribution in [0.5, 0.6) is 5.75 Å². The molecule has 3 aromatic rings. The number of alkyl halides is 5. The van der Waals surface area contributed by atoms with Gasteiger partial charge in [-0.3, -0.25) is 4.57 Å². The van der Waals surface area contributed by atoms with Crippen molar-refractivity contribution in [3.8, 4) is 11.4 Å². The van der Waals surface area contributed by atoms with Gasteiger partial charge >= 0.3 is 6.18 Å². The third-order valence-corrected chi connectivity index (χ3v) is 6.26. The van der Waals surface area contributed by atoms with Gasteiger partial charge in [-0.2, -0.15) is 13.2 Å². The Morgan fingerprint density at radius 2 is 1.97 bits per heavy atom. The lowest BCUT2D eigenvalue weighted by Crippen LogP contribution is -2.16. The van der Waals surface area contributed by atoms with E-state index in [4.69, 9.17) is 22.1 Å². The number of fused-ring (bicyclic) bond motifs is 3. The van der Waals surface area contributed by atoms with E-state index in [1.807, 2.05) is 0 Å². The number of nitrogens with zero attached hydrogens (tertiary/aromatic N) is 3.